The van der Waals surface area contributed by atoms with Crippen LogP contribution >= 0.6 is 0 Å². The minimum Gasteiger partial charge on any atom is -0.346 e. The molecule has 0 aromatic heterocycles. The van der Waals surface area contributed by atoms with Crippen molar-refractivity contribution in [3.63, 3.8) is 0 Å². The van der Waals surface area contributed by atoms with Crippen molar-refractivity contribution in [2.24, 2.45) is 17.8 Å². The van der Waals surface area contributed by atoms with Crippen LogP contribution in [0.2, 0.25) is 0 Å². The van der Waals surface area contributed by atoms with Crippen LogP contribution in [0.3, 0.4) is 0 Å². The van der Waals surface area contributed by atoms with Crippen molar-refractivity contribution in [3.05, 3.63) is 48.0 Å². The molecule has 1 heterocycles. The van der Waals surface area contributed by atoms with Gasteiger partial charge in [-0.1, -0.05) is 76.8 Å². The molecule has 3 aliphatic rings. The zero-order valence-corrected chi connectivity index (χ0v) is 34.0. The third kappa shape index (κ3) is 10.5. The van der Waals surface area contributed by atoms with Crippen molar-refractivity contribution in [3.8, 4) is 0 Å². The van der Waals surface area contributed by atoms with Gasteiger partial charge in [0.15, 0.2) is 9.84 Å². The van der Waals surface area contributed by atoms with Gasteiger partial charge < -0.3 is 26.2 Å². The molecule has 5 amide bonds. The summed E-state index contributed by atoms with van der Waals surface area (Å²) < 4.78 is 26.0. The van der Waals surface area contributed by atoms with E-state index in [0.29, 0.717) is 44.9 Å². The molecule has 300 valence electrons. The number of urea groups is 1. The molecule has 1 saturated carbocycles. The first-order valence-electron chi connectivity index (χ1n) is 19.8. The lowest BCUT2D eigenvalue weighted by Crippen LogP contribution is -2.63. The molecule has 1 aliphatic heterocycles. The molecule has 1 aromatic rings. The van der Waals surface area contributed by atoms with Crippen LogP contribution in [0.5, 0.6) is 0 Å². The lowest BCUT2D eigenvalue weighted by molar-refractivity contribution is -0.144. The van der Waals surface area contributed by atoms with E-state index in [0.717, 1.165) is 30.4 Å². The van der Waals surface area contributed by atoms with Crippen molar-refractivity contribution in [1.82, 2.24) is 26.2 Å². The molecule has 13 heteroatoms. The molecular weight excluding hydrogens is 707 g/mol. The summed E-state index contributed by atoms with van der Waals surface area (Å²) in [5.41, 5.74) is 1.20. The van der Waals surface area contributed by atoms with Crippen molar-refractivity contribution < 1.29 is 32.4 Å². The number of carbonyl (C=O) groups excluding carboxylic acids is 5. The summed E-state index contributed by atoms with van der Waals surface area (Å²) >= 11 is 0. The van der Waals surface area contributed by atoms with Gasteiger partial charge in [0.05, 0.1) is 22.1 Å². The summed E-state index contributed by atoms with van der Waals surface area (Å²) in [4.78, 5) is 70.7. The lowest BCUT2D eigenvalue weighted by Gasteiger charge is -2.40. The topological polar surface area (TPSA) is 171 Å². The number of rotatable bonds is 16. The molecular formula is C41H63N5O7S. The van der Waals surface area contributed by atoms with Crippen LogP contribution in [0.25, 0.3) is 0 Å². The number of Topliss-reactive ketones (excluding diaryl/α,β-unsaturated/α-hetero) is 1. The number of ketones is 1. The fraction of sp³-hybridized carbons (Fsp3) is 0.683. The second kappa shape index (κ2) is 18.3. The number of hydrogen-bond donors (Lipinski definition) is 4. The van der Waals surface area contributed by atoms with Crippen molar-refractivity contribution in [1.29, 1.82) is 0 Å². The van der Waals surface area contributed by atoms with E-state index >= 15 is 0 Å². The van der Waals surface area contributed by atoms with Gasteiger partial charge in [0.25, 0.3) is 5.91 Å². The molecule has 1 saturated heterocycles. The highest BCUT2D eigenvalue weighted by Crippen LogP contribution is 2.36. The van der Waals surface area contributed by atoms with E-state index in [9.17, 15) is 32.4 Å². The zero-order valence-electron chi connectivity index (χ0n) is 33.2. The maximum Gasteiger partial charge on any atom is 0.315 e. The number of carbonyl (C=O) groups is 5. The second-order valence-electron chi connectivity index (χ2n) is 17.1. The molecule has 54 heavy (non-hydrogen) atoms. The van der Waals surface area contributed by atoms with Gasteiger partial charge >= 0.3 is 6.03 Å². The number of amides is 5. The molecule has 0 bridgehead atoms. The van der Waals surface area contributed by atoms with Crippen molar-refractivity contribution >= 4 is 39.4 Å². The van der Waals surface area contributed by atoms with Gasteiger partial charge in [0.2, 0.25) is 17.6 Å². The number of nitrogens with zero attached hydrogens (tertiary/aromatic N) is 1. The number of fused-ring (bicyclic) bond motifs is 1. The molecule has 1 unspecified atom stereocenters. The first kappa shape index (κ1) is 43.0. The summed E-state index contributed by atoms with van der Waals surface area (Å²) in [6, 6.07) is 4.34. The standard InChI is InChI=1S/C41H63N5O7S/c1-8-15-32(35(47)37(49)42-21-9-2)43-36(48)34-30(23-27(3)4)18-22-46(34)38(50)33(31-24-28-16-11-12-17-29(28)25-31)44-39(51)45-41(19-13-10-14-20-41)26-54(52,53)40(5,6)7/h9,11-12,16-17,27,30-34H,2,8,10,13-15,18-26H2,1,3-7H3,(H,42,49)(H,43,48)(H2,44,45,51)/t30-,32?,33+,34+/m1/s1. The average Bonchev–Trinajstić information content (AvgIpc) is 3.72. The monoisotopic (exact) mass is 769 g/mol. The Bertz CT molecular complexity index is 1620. The Kier molecular flexibility index (Phi) is 14.5. The van der Waals surface area contributed by atoms with Crippen LogP contribution in [0.1, 0.15) is 110 Å². The maximum absolute atomic E-state index is 14.9. The van der Waals surface area contributed by atoms with Crippen LogP contribution in [-0.4, -0.2) is 90.1 Å². The van der Waals surface area contributed by atoms with E-state index in [1.54, 1.807) is 25.7 Å². The predicted molar refractivity (Wildman–Crippen MR) is 210 cm³/mol. The molecule has 2 aliphatic carbocycles. The highest BCUT2D eigenvalue weighted by atomic mass is 32.2. The minimum atomic E-state index is -3.59. The summed E-state index contributed by atoms with van der Waals surface area (Å²) in [5, 5.41) is 11.4. The number of nitrogens with one attached hydrogen (secondary N) is 4. The molecule has 4 N–H and O–H groups in total. The van der Waals surface area contributed by atoms with Gasteiger partial charge in [-0.3, -0.25) is 19.2 Å². The second-order valence-corrected chi connectivity index (χ2v) is 19.8. The van der Waals surface area contributed by atoms with Gasteiger partial charge in [-0.15, -0.1) is 6.58 Å². The van der Waals surface area contributed by atoms with E-state index in [2.05, 4.69) is 41.7 Å². The molecule has 4 atom stereocenters. The summed E-state index contributed by atoms with van der Waals surface area (Å²) in [5.74, 6) is -2.95. The Morgan fingerprint density at radius 3 is 2.19 bits per heavy atom. The third-order valence-electron chi connectivity index (χ3n) is 11.4. The van der Waals surface area contributed by atoms with Crippen LogP contribution in [-0.2, 0) is 41.9 Å². The van der Waals surface area contributed by atoms with Gasteiger partial charge in [0, 0.05) is 13.1 Å². The Morgan fingerprint density at radius 1 is 1.00 bits per heavy atom. The molecule has 12 nitrogen and oxygen atoms in total. The van der Waals surface area contributed by atoms with E-state index in [1.165, 1.54) is 6.08 Å². The average molecular weight is 770 g/mol. The van der Waals surface area contributed by atoms with Gasteiger partial charge in [-0.2, -0.15) is 0 Å². The van der Waals surface area contributed by atoms with Crippen LogP contribution in [0.15, 0.2) is 36.9 Å². The normalized spacial score (nSPS) is 21.1. The zero-order chi connectivity index (χ0) is 39.8. The molecule has 2 fully saturated rings. The SMILES string of the molecule is C=CCNC(=O)C(=O)C(CCC)NC(=O)[C@@H]1[C@@H](CC(C)C)CCN1C(=O)[C@@H](NC(=O)NC1(CS(=O)(=O)C(C)(C)C)CCCCC1)C1Cc2ccccc2C1. The molecule has 0 spiro atoms. The predicted octanol–water partition coefficient (Wildman–Crippen LogP) is 4.40. The maximum atomic E-state index is 14.9. The van der Waals surface area contributed by atoms with Crippen molar-refractivity contribution in [2.45, 2.75) is 141 Å². The van der Waals surface area contributed by atoms with E-state index < -0.39 is 67.8 Å². The summed E-state index contributed by atoms with van der Waals surface area (Å²) in [6.45, 7) is 14.9. The van der Waals surface area contributed by atoms with Crippen LogP contribution in [0, 0.1) is 17.8 Å². The number of sulfone groups is 1. The summed E-state index contributed by atoms with van der Waals surface area (Å²) in [6.07, 6.45) is 8.09. The number of likely N-dealkylation sites (tertiary alicyclic amines) is 1. The van der Waals surface area contributed by atoms with Crippen LogP contribution in [0.4, 0.5) is 4.79 Å². The smallest absolute Gasteiger partial charge is 0.315 e. The molecule has 1 aromatic carbocycles. The number of hydrogen-bond acceptors (Lipinski definition) is 7. The third-order valence-corrected chi connectivity index (χ3v) is 14.2. The first-order valence-corrected chi connectivity index (χ1v) is 21.5. The van der Waals surface area contributed by atoms with Gasteiger partial charge in [0.1, 0.15) is 12.1 Å². The van der Waals surface area contributed by atoms with E-state index in [1.807, 2.05) is 31.2 Å². The Hall–Kier alpha value is -3.74. The summed E-state index contributed by atoms with van der Waals surface area (Å²) in [7, 11) is -3.59. The fourth-order valence-corrected chi connectivity index (χ4v) is 9.98. The lowest BCUT2D eigenvalue weighted by atomic mass is 9.83. The highest BCUT2D eigenvalue weighted by Gasteiger charge is 2.48. The van der Waals surface area contributed by atoms with E-state index in [4.69, 9.17) is 0 Å². The van der Waals surface area contributed by atoms with E-state index in [-0.39, 0.29) is 43.0 Å². The quantitative estimate of drug-likeness (QED) is 0.143. The minimum absolute atomic E-state index is 0.110. The van der Waals surface area contributed by atoms with Crippen LogP contribution < -0.4 is 21.3 Å². The van der Waals surface area contributed by atoms with Crippen molar-refractivity contribution in [2.75, 3.05) is 18.8 Å². The first-order chi connectivity index (χ1) is 25.4. The van der Waals surface area contributed by atoms with Gasteiger partial charge in [-0.25, -0.2) is 13.2 Å². The Labute approximate surface area is 322 Å². The largest absolute Gasteiger partial charge is 0.346 e. The highest BCUT2D eigenvalue weighted by molar-refractivity contribution is 7.92. The Balaban J connectivity index is 1.65. The number of benzene rings is 1. The fourth-order valence-electron chi connectivity index (χ4n) is 8.46. The van der Waals surface area contributed by atoms with Gasteiger partial charge in [-0.05, 0) is 94.6 Å². The Morgan fingerprint density at radius 2 is 1.63 bits per heavy atom. The molecule has 4 rings (SSSR count). The molecule has 0 radical (unpaired) electrons.